The molecular formula is C32H33N3O3S. The fraction of sp³-hybridized carbons (Fsp3) is 0.344. The van der Waals surface area contributed by atoms with Crippen LogP contribution in [0.2, 0.25) is 0 Å². The third-order valence-electron chi connectivity index (χ3n) is 8.34. The van der Waals surface area contributed by atoms with Crippen LogP contribution in [0.3, 0.4) is 0 Å². The van der Waals surface area contributed by atoms with Crippen LogP contribution >= 0.6 is 11.3 Å². The quantitative estimate of drug-likeness (QED) is 0.292. The first kappa shape index (κ1) is 25.7. The van der Waals surface area contributed by atoms with Crippen LogP contribution in [0.25, 0.3) is 21.3 Å². The minimum atomic E-state index is -1.01. The molecule has 200 valence electrons. The van der Waals surface area contributed by atoms with E-state index in [0.29, 0.717) is 17.8 Å². The summed E-state index contributed by atoms with van der Waals surface area (Å²) in [6.07, 6.45) is 7.66. The zero-order valence-corrected chi connectivity index (χ0v) is 23.0. The van der Waals surface area contributed by atoms with Crippen molar-refractivity contribution < 1.29 is 14.7 Å². The van der Waals surface area contributed by atoms with Gasteiger partial charge in [0, 0.05) is 29.4 Å². The molecule has 7 heteroatoms. The number of hydrogen-bond donors (Lipinski definition) is 2. The molecule has 3 heterocycles. The van der Waals surface area contributed by atoms with Crippen molar-refractivity contribution in [2.24, 2.45) is 0 Å². The Morgan fingerprint density at radius 3 is 2.77 bits per heavy atom. The first-order valence-electron chi connectivity index (χ1n) is 13.8. The van der Waals surface area contributed by atoms with Gasteiger partial charge in [0.25, 0.3) is 5.91 Å². The fourth-order valence-electron chi connectivity index (χ4n) is 6.48. The summed E-state index contributed by atoms with van der Waals surface area (Å²) >= 11 is 1.59. The number of amides is 1. The number of nitrogens with zero attached hydrogens (tertiary/aromatic N) is 2. The highest BCUT2D eigenvalue weighted by Gasteiger charge is 2.34. The first-order chi connectivity index (χ1) is 19.0. The molecule has 2 atom stereocenters. The number of aromatic carboxylic acids is 1. The van der Waals surface area contributed by atoms with Crippen LogP contribution in [0, 0.1) is 0 Å². The number of rotatable bonds is 6. The van der Waals surface area contributed by atoms with Gasteiger partial charge in [-0.1, -0.05) is 42.8 Å². The van der Waals surface area contributed by atoms with Crippen LogP contribution in [0.5, 0.6) is 0 Å². The van der Waals surface area contributed by atoms with E-state index in [4.69, 9.17) is 0 Å². The van der Waals surface area contributed by atoms with Crippen molar-refractivity contribution in [3.05, 3.63) is 87.9 Å². The Bertz CT molecular complexity index is 1540. The van der Waals surface area contributed by atoms with E-state index in [1.807, 2.05) is 12.1 Å². The number of pyridine rings is 1. The predicted octanol–water partition coefficient (Wildman–Crippen LogP) is 6.50. The number of carbonyl (C=O) groups is 2. The van der Waals surface area contributed by atoms with Gasteiger partial charge in [-0.25, -0.2) is 9.78 Å². The Balaban J connectivity index is 1.36. The van der Waals surface area contributed by atoms with Gasteiger partial charge in [-0.2, -0.15) is 0 Å². The van der Waals surface area contributed by atoms with Gasteiger partial charge < -0.3 is 10.4 Å². The van der Waals surface area contributed by atoms with Gasteiger partial charge in [0.15, 0.2) is 0 Å². The van der Waals surface area contributed by atoms with Gasteiger partial charge in [0.1, 0.15) is 5.69 Å². The van der Waals surface area contributed by atoms with Crippen molar-refractivity contribution >= 4 is 33.3 Å². The molecule has 2 N–H and O–H groups in total. The summed E-state index contributed by atoms with van der Waals surface area (Å²) in [4.78, 5) is 32.3. The molecule has 1 fully saturated rings. The number of likely N-dealkylation sites (tertiary alicyclic amines) is 1. The molecule has 0 spiro atoms. The maximum Gasteiger partial charge on any atom is 0.354 e. The van der Waals surface area contributed by atoms with Gasteiger partial charge in [-0.3, -0.25) is 9.69 Å². The van der Waals surface area contributed by atoms with Gasteiger partial charge >= 0.3 is 5.97 Å². The summed E-state index contributed by atoms with van der Waals surface area (Å²) in [7, 11) is 1.71. The number of carboxylic acid groups (broad SMARTS) is 1. The predicted molar refractivity (Wildman–Crippen MR) is 156 cm³/mol. The number of aromatic nitrogens is 1. The number of hydrogen-bond acceptors (Lipinski definition) is 5. The summed E-state index contributed by atoms with van der Waals surface area (Å²) < 4.78 is 1.16. The topological polar surface area (TPSA) is 82.5 Å². The highest BCUT2D eigenvalue weighted by atomic mass is 32.1. The number of benzene rings is 2. The molecule has 2 aliphatic rings. The standard InChI is InChI=1S/C32H33N3O3S/c1-33-31(36)30-25(23-10-2-3-14-29(23)39-30)19-22-9-4-5-17-35(22)28-13-6-8-20-15-16-21(18-24(20)28)26-11-7-12-27(34-26)32(37)38/h2-3,7,10-12,14-16,18,22,28H,4-6,8-9,13,17,19H2,1H3,(H,33,36)(H,37,38)/t22-,28+/m1/s1. The molecule has 1 amide bonds. The largest absolute Gasteiger partial charge is 0.477 e. The minimum Gasteiger partial charge on any atom is -0.477 e. The van der Waals surface area contributed by atoms with Crippen molar-refractivity contribution in [1.29, 1.82) is 0 Å². The molecular weight excluding hydrogens is 506 g/mol. The Hall–Kier alpha value is -3.55. The van der Waals surface area contributed by atoms with E-state index in [1.54, 1.807) is 24.5 Å². The van der Waals surface area contributed by atoms with Gasteiger partial charge in [-0.05, 0) is 91.4 Å². The number of carboxylic acids is 1. The van der Waals surface area contributed by atoms with E-state index in [0.717, 1.165) is 53.8 Å². The Kier molecular flexibility index (Phi) is 7.19. The second-order valence-electron chi connectivity index (χ2n) is 10.6. The molecule has 6 rings (SSSR count). The number of piperidine rings is 1. The zero-order chi connectivity index (χ0) is 26.9. The molecule has 2 aromatic carbocycles. The molecule has 1 aliphatic carbocycles. The SMILES string of the molecule is CNC(=O)c1sc2ccccc2c1C[C@H]1CCCCN1[C@H]1CCCc2ccc(-c3cccc(C(=O)O)n3)cc21. The highest BCUT2D eigenvalue weighted by molar-refractivity contribution is 7.21. The van der Waals surface area contributed by atoms with Crippen LogP contribution in [0.4, 0.5) is 0 Å². The van der Waals surface area contributed by atoms with Crippen LogP contribution in [0.1, 0.15) is 75.0 Å². The molecule has 0 radical (unpaired) electrons. The molecule has 0 saturated carbocycles. The lowest BCUT2D eigenvalue weighted by Crippen LogP contribution is -2.44. The summed E-state index contributed by atoms with van der Waals surface area (Å²) in [6.45, 7) is 1.04. The lowest BCUT2D eigenvalue weighted by Gasteiger charge is -2.44. The van der Waals surface area contributed by atoms with E-state index in [2.05, 4.69) is 51.6 Å². The second kappa shape index (κ2) is 10.9. The van der Waals surface area contributed by atoms with E-state index in [-0.39, 0.29) is 11.6 Å². The van der Waals surface area contributed by atoms with Gasteiger partial charge in [0.2, 0.25) is 0 Å². The normalized spacial score (nSPS) is 19.5. The number of thiophene rings is 1. The number of carbonyl (C=O) groups excluding carboxylic acids is 1. The minimum absolute atomic E-state index is 0.00250. The van der Waals surface area contributed by atoms with Crippen LogP contribution in [-0.2, 0) is 12.8 Å². The third-order valence-corrected chi connectivity index (χ3v) is 9.55. The molecule has 6 nitrogen and oxygen atoms in total. The fourth-order valence-corrected chi connectivity index (χ4v) is 7.66. The number of nitrogens with one attached hydrogen (secondary N) is 1. The lowest BCUT2D eigenvalue weighted by atomic mass is 9.82. The van der Waals surface area contributed by atoms with E-state index < -0.39 is 5.97 Å². The Morgan fingerprint density at radius 1 is 1.05 bits per heavy atom. The van der Waals surface area contributed by atoms with Crippen molar-refractivity contribution in [3.63, 3.8) is 0 Å². The summed E-state index contributed by atoms with van der Waals surface area (Å²) in [5, 5.41) is 13.5. The van der Waals surface area contributed by atoms with E-state index >= 15 is 0 Å². The Labute approximate surface area is 232 Å². The summed E-state index contributed by atoms with van der Waals surface area (Å²) in [5.41, 5.74) is 5.61. The molecule has 4 aromatic rings. The van der Waals surface area contributed by atoms with Crippen LogP contribution in [-0.4, -0.2) is 46.5 Å². The smallest absolute Gasteiger partial charge is 0.354 e. The monoisotopic (exact) mass is 539 g/mol. The molecule has 1 saturated heterocycles. The number of aryl methyl sites for hydroxylation is 1. The summed E-state index contributed by atoms with van der Waals surface area (Å²) in [6, 6.07) is 20.7. The van der Waals surface area contributed by atoms with Crippen molar-refractivity contribution in [1.82, 2.24) is 15.2 Å². The van der Waals surface area contributed by atoms with Crippen LogP contribution in [0.15, 0.2) is 60.7 Å². The highest BCUT2D eigenvalue weighted by Crippen LogP contribution is 2.41. The Morgan fingerprint density at radius 2 is 1.92 bits per heavy atom. The lowest BCUT2D eigenvalue weighted by molar-refractivity contribution is 0.0690. The maximum atomic E-state index is 12.9. The van der Waals surface area contributed by atoms with Gasteiger partial charge in [0.05, 0.1) is 10.6 Å². The molecule has 2 aromatic heterocycles. The second-order valence-corrected chi connectivity index (χ2v) is 11.7. The maximum absolute atomic E-state index is 12.9. The van der Waals surface area contributed by atoms with Crippen LogP contribution < -0.4 is 5.32 Å². The average molecular weight is 540 g/mol. The number of fused-ring (bicyclic) bond motifs is 2. The third kappa shape index (κ3) is 4.97. The summed E-state index contributed by atoms with van der Waals surface area (Å²) in [5.74, 6) is -1.02. The molecule has 0 unspecified atom stereocenters. The van der Waals surface area contributed by atoms with Crippen molar-refractivity contribution in [3.8, 4) is 11.3 Å². The average Bonchev–Trinajstić information content (AvgIpc) is 3.35. The van der Waals surface area contributed by atoms with Gasteiger partial charge in [-0.15, -0.1) is 11.3 Å². The molecule has 1 aliphatic heterocycles. The van der Waals surface area contributed by atoms with E-state index in [1.165, 1.54) is 41.0 Å². The van der Waals surface area contributed by atoms with E-state index in [9.17, 15) is 14.7 Å². The van der Waals surface area contributed by atoms with Crippen molar-refractivity contribution in [2.45, 2.75) is 57.0 Å². The molecule has 0 bridgehead atoms. The zero-order valence-electron chi connectivity index (χ0n) is 22.2. The molecule has 39 heavy (non-hydrogen) atoms. The van der Waals surface area contributed by atoms with Crippen molar-refractivity contribution in [2.75, 3.05) is 13.6 Å². The first-order valence-corrected chi connectivity index (χ1v) is 14.7.